The Labute approximate surface area is 103 Å². The van der Waals surface area contributed by atoms with E-state index in [9.17, 15) is 0 Å². The van der Waals surface area contributed by atoms with Crippen molar-refractivity contribution in [3.63, 3.8) is 0 Å². The van der Waals surface area contributed by atoms with Crippen LogP contribution in [0.25, 0.3) is 0 Å². The topological polar surface area (TPSA) is 52.1 Å². The molecule has 0 aromatic carbocycles. The second-order valence-electron chi connectivity index (χ2n) is 5.32. The maximum atomic E-state index is 8.97. The Hall–Kier alpha value is -0.870. The van der Waals surface area contributed by atoms with Crippen molar-refractivity contribution in [2.75, 3.05) is 13.1 Å². The Bertz CT molecular complexity index is 340. The molecule has 4 heteroatoms. The largest absolute Gasteiger partial charge is 0.390 e. The first-order valence-corrected chi connectivity index (χ1v) is 6.57. The molecule has 2 heterocycles. The van der Waals surface area contributed by atoms with Crippen molar-refractivity contribution in [1.82, 2.24) is 15.1 Å². The Morgan fingerprint density at radius 1 is 1.47 bits per heavy atom. The minimum Gasteiger partial charge on any atom is -0.390 e. The number of nitrogens with zero attached hydrogens (tertiary/aromatic N) is 2. The third-order valence-electron chi connectivity index (χ3n) is 3.73. The van der Waals surface area contributed by atoms with Gasteiger partial charge in [-0.05, 0) is 58.2 Å². The number of piperidine rings is 1. The minimum absolute atomic E-state index is 0.0544. The van der Waals surface area contributed by atoms with E-state index in [2.05, 4.69) is 28.9 Å². The molecular weight excluding hydrogens is 214 g/mol. The molecule has 1 aliphatic rings. The average molecular weight is 237 g/mol. The van der Waals surface area contributed by atoms with Crippen LogP contribution in [0.5, 0.6) is 0 Å². The molecule has 1 saturated heterocycles. The first kappa shape index (κ1) is 12.6. The van der Waals surface area contributed by atoms with Gasteiger partial charge in [0.1, 0.15) is 0 Å². The summed E-state index contributed by atoms with van der Waals surface area (Å²) < 4.78 is 0. The molecule has 1 aromatic heterocycles. The zero-order valence-electron chi connectivity index (χ0n) is 10.8. The van der Waals surface area contributed by atoms with Gasteiger partial charge >= 0.3 is 0 Å². The Morgan fingerprint density at radius 2 is 2.18 bits per heavy atom. The Balaban J connectivity index is 1.81. The van der Waals surface area contributed by atoms with Gasteiger partial charge in [0.05, 0.1) is 18.0 Å². The lowest BCUT2D eigenvalue weighted by Gasteiger charge is -2.34. The first-order valence-electron chi connectivity index (χ1n) is 6.57. The third kappa shape index (κ3) is 3.30. The number of hydrogen-bond donors (Lipinski definition) is 2. The lowest BCUT2D eigenvalue weighted by molar-refractivity contribution is 0.149. The molecule has 0 spiro atoms. The molecule has 0 bridgehead atoms. The van der Waals surface area contributed by atoms with E-state index in [1.807, 2.05) is 6.07 Å². The quantitative estimate of drug-likeness (QED) is 0.835. The third-order valence-corrected chi connectivity index (χ3v) is 3.73. The fourth-order valence-corrected chi connectivity index (χ4v) is 2.56. The summed E-state index contributed by atoms with van der Waals surface area (Å²) in [4.78, 5) is 2.54. The van der Waals surface area contributed by atoms with Crippen molar-refractivity contribution in [1.29, 1.82) is 0 Å². The molecular formula is C13H23N3O. The molecule has 1 aliphatic heterocycles. The van der Waals surface area contributed by atoms with E-state index in [4.69, 9.17) is 5.11 Å². The molecule has 4 nitrogen and oxygen atoms in total. The number of hydrogen-bond acceptors (Lipinski definition) is 3. The van der Waals surface area contributed by atoms with Gasteiger partial charge in [-0.3, -0.25) is 5.10 Å². The van der Waals surface area contributed by atoms with E-state index in [1.165, 1.54) is 25.9 Å². The summed E-state index contributed by atoms with van der Waals surface area (Å²) in [5, 5.41) is 16.1. The van der Waals surface area contributed by atoms with Crippen LogP contribution >= 0.6 is 0 Å². The summed E-state index contributed by atoms with van der Waals surface area (Å²) in [6, 6.07) is 2.65. The van der Waals surface area contributed by atoms with Gasteiger partial charge in [0, 0.05) is 6.04 Å². The molecule has 1 aromatic rings. The van der Waals surface area contributed by atoms with Crippen LogP contribution in [-0.2, 0) is 13.0 Å². The predicted octanol–water partition coefficient (Wildman–Crippen LogP) is 1.56. The summed E-state index contributed by atoms with van der Waals surface area (Å²) in [6.45, 7) is 7.00. The fourth-order valence-electron chi connectivity index (χ4n) is 2.56. The molecule has 96 valence electrons. The Kier molecular flexibility index (Phi) is 4.18. The van der Waals surface area contributed by atoms with E-state index in [0.717, 1.165) is 23.7 Å². The maximum Gasteiger partial charge on any atom is 0.0847 e. The maximum absolute atomic E-state index is 8.97. The van der Waals surface area contributed by atoms with Crippen LogP contribution in [0.2, 0.25) is 0 Å². The van der Waals surface area contributed by atoms with Gasteiger partial charge in [0.2, 0.25) is 0 Å². The molecule has 0 unspecified atom stereocenters. The monoisotopic (exact) mass is 237 g/mol. The number of nitrogens with one attached hydrogen (secondary N) is 1. The van der Waals surface area contributed by atoms with Crippen molar-refractivity contribution in [2.45, 2.75) is 45.8 Å². The summed E-state index contributed by atoms with van der Waals surface area (Å²) in [6.07, 6.45) is 3.57. The van der Waals surface area contributed by atoms with Gasteiger partial charge in [-0.25, -0.2) is 0 Å². The first-order chi connectivity index (χ1) is 8.19. The SMILES string of the molecule is CC(C)N1CCC(Cc2cc(CO)[nH]n2)CC1. The van der Waals surface area contributed by atoms with Gasteiger partial charge in [0.15, 0.2) is 0 Å². The number of rotatable bonds is 4. The lowest BCUT2D eigenvalue weighted by atomic mass is 9.91. The van der Waals surface area contributed by atoms with Crippen LogP contribution in [0.3, 0.4) is 0 Å². The zero-order chi connectivity index (χ0) is 12.3. The van der Waals surface area contributed by atoms with Crippen LogP contribution in [0.15, 0.2) is 6.07 Å². The van der Waals surface area contributed by atoms with Crippen LogP contribution in [0.4, 0.5) is 0 Å². The van der Waals surface area contributed by atoms with E-state index in [-0.39, 0.29) is 6.61 Å². The van der Waals surface area contributed by atoms with Crippen LogP contribution in [0, 0.1) is 5.92 Å². The van der Waals surface area contributed by atoms with Crippen LogP contribution in [-0.4, -0.2) is 39.3 Å². The molecule has 2 N–H and O–H groups in total. The fraction of sp³-hybridized carbons (Fsp3) is 0.769. The molecule has 0 amide bonds. The Morgan fingerprint density at radius 3 is 2.71 bits per heavy atom. The van der Waals surface area contributed by atoms with Crippen molar-refractivity contribution >= 4 is 0 Å². The molecule has 0 atom stereocenters. The average Bonchev–Trinajstić information content (AvgIpc) is 2.77. The van der Waals surface area contributed by atoms with Gasteiger partial charge in [-0.1, -0.05) is 0 Å². The summed E-state index contributed by atoms with van der Waals surface area (Å²) in [5.41, 5.74) is 1.91. The van der Waals surface area contributed by atoms with E-state index >= 15 is 0 Å². The molecule has 1 fully saturated rings. The highest BCUT2D eigenvalue weighted by atomic mass is 16.3. The van der Waals surface area contributed by atoms with E-state index in [1.54, 1.807) is 0 Å². The van der Waals surface area contributed by atoms with Crippen molar-refractivity contribution in [3.8, 4) is 0 Å². The number of aromatic amines is 1. The highest BCUT2D eigenvalue weighted by molar-refractivity contribution is 5.08. The molecule has 0 radical (unpaired) electrons. The number of H-pyrrole nitrogens is 1. The number of aromatic nitrogens is 2. The highest BCUT2D eigenvalue weighted by Gasteiger charge is 2.21. The summed E-state index contributed by atoms with van der Waals surface area (Å²) in [5.74, 6) is 0.750. The number of aliphatic hydroxyl groups is 1. The van der Waals surface area contributed by atoms with Crippen LogP contribution in [0.1, 0.15) is 38.1 Å². The second-order valence-corrected chi connectivity index (χ2v) is 5.32. The van der Waals surface area contributed by atoms with Gasteiger partial charge in [-0.2, -0.15) is 5.10 Å². The lowest BCUT2D eigenvalue weighted by Crippen LogP contribution is -2.38. The summed E-state index contributed by atoms with van der Waals surface area (Å²) in [7, 11) is 0. The van der Waals surface area contributed by atoms with Crippen molar-refractivity contribution in [3.05, 3.63) is 17.5 Å². The minimum atomic E-state index is 0.0544. The highest BCUT2D eigenvalue weighted by Crippen LogP contribution is 2.22. The van der Waals surface area contributed by atoms with E-state index in [0.29, 0.717) is 6.04 Å². The standard InChI is InChI=1S/C13H23N3O/c1-10(2)16-5-3-11(4-6-16)7-12-8-13(9-17)15-14-12/h8,10-11,17H,3-7,9H2,1-2H3,(H,14,15). The predicted molar refractivity (Wildman–Crippen MR) is 67.6 cm³/mol. The van der Waals surface area contributed by atoms with Gasteiger partial charge in [0.25, 0.3) is 0 Å². The van der Waals surface area contributed by atoms with Gasteiger partial charge in [-0.15, -0.1) is 0 Å². The van der Waals surface area contributed by atoms with Crippen LogP contribution < -0.4 is 0 Å². The van der Waals surface area contributed by atoms with E-state index < -0.39 is 0 Å². The molecule has 17 heavy (non-hydrogen) atoms. The molecule has 0 saturated carbocycles. The smallest absolute Gasteiger partial charge is 0.0847 e. The zero-order valence-corrected chi connectivity index (χ0v) is 10.8. The normalized spacial score (nSPS) is 19.1. The molecule has 0 aliphatic carbocycles. The van der Waals surface area contributed by atoms with Crippen molar-refractivity contribution in [2.24, 2.45) is 5.92 Å². The molecule has 2 rings (SSSR count). The number of aliphatic hydroxyl groups excluding tert-OH is 1. The number of likely N-dealkylation sites (tertiary alicyclic amines) is 1. The van der Waals surface area contributed by atoms with Gasteiger partial charge < -0.3 is 10.0 Å². The summed E-state index contributed by atoms with van der Waals surface area (Å²) >= 11 is 0. The second kappa shape index (κ2) is 5.65. The van der Waals surface area contributed by atoms with Crippen molar-refractivity contribution < 1.29 is 5.11 Å².